The third kappa shape index (κ3) is 5.82. The predicted molar refractivity (Wildman–Crippen MR) is 106 cm³/mol. The van der Waals surface area contributed by atoms with E-state index in [1.807, 2.05) is 0 Å². The third-order valence-corrected chi connectivity index (χ3v) is 4.75. The molecule has 1 saturated heterocycles. The molecule has 2 aromatic rings. The van der Waals surface area contributed by atoms with E-state index < -0.39 is 6.03 Å². The highest BCUT2D eigenvalue weighted by atomic mass is 16.2. The van der Waals surface area contributed by atoms with Gasteiger partial charge in [-0.1, -0.05) is 30.7 Å². The van der Waals surface area contributed by atoms with Crippen LogP contribution in [0.25, 0.3) is 0 Å². The Balaban J connectivity index is 1.48. The van der Waals surface area contributed by atoms with Crippen LogP contribution in [0.5, 0.6) is 0 Å². The van der Waals surface area contributed by atoms with Crippen LogP contribution in [0, 0.1) is 0 Å². The van der Waals surface area contributed by atoms with Crippen LogP contribution >= 0.6 is 0 Å². The van der Waals surface area contributed by atoms with Gasteiger partial charge >= 0.3 is 6.03 Å². The largest absolute Gasteiger partial charge is 0.351 e. The summed E-state index contributed by atoms with van der Waals surface area (Å²) in [7, 11) is 0. The minimum absolute atomic E-state index is 0.155. The van der Waals surface area contributed by atoms with Gasteiger partial charge in [-0.2, -0.15) is 0 Å². The number of rotatable bonds is 6. The van der Waals surface area contributed by atoms with Crippen molar-refractivity contribution in [1.82, 2.24) is 10.2 Å². The van der Waals surface area contributed by atoms with Crippen molar-refractivity contribution in [3.8, 4) is 0 Å². The molecule has 0 aromatic heterocycles. The van der Waals surface area contributed by atoms with E-state index in [9.17, 15) is 9.59 Å². The molecule has 1 aliphatic heterocycles. The second-order valence-electron chi connectivity index (χ2n) is 6.90. The van der Waals surface area contributed by atoms with Crippen LogP contribution in [0.1, 0.15) is 40.7 Å². The number of carbonyl (C=O) groups is 2. The fourth-order valence-electron chi connectivity index (χ4n) is 3.27. The summed E-state index contributed by atoms with van der Waals surface area (Å²) in [5, 5.41) is 5.38. The van der Waals surface area contributed by atoms with E-state index >= 15 is 0 Å². The first-order valence-electron chi connectivity index (χ1n) is 9.35. The first kappa shape index (κ1) is 18.9. The van der Waals surface area contributed by atoms with E-state index in [0.717, 1.165) is 12.1 Å². The highest BCUT2D eigenvalue weighted by Gasteiger charge is 2.10. The number of piperidine rings is 1. The summed E-state index contributed by atoms with van der Waals surface area (Å²) in [6, 6.07) is 14.4. The molecule has 0 aliphatic carbocycles. The molecule has 1 heterocycles. The molecule has 3 amide bonds. The van der Waals surface area contributed by atoms with Gasteiger partial charge < -0.3 is 16.4 Å². The van der Waals surface area contributed by atoms with Gasteiger partial charge in [0.2, 0.25) is 0 Å². The number of hydrogen-bond acceptors (Lipinski definition) is 3. The summed E-state index contributed by atoms with van der Waals surface area (Å²) in [5.74, 6) is -0.155. The van der Waals surface area contributed by atoms with E-state index in [1.54, 1.807) is 24.3 Å². The number of hydrogen-bond donors (Lipinski definition) is 3. The van der Waals surface area contributed by atoms with Crippen molar-refractivity contribution < 1.29 is 9.59 Å². The van der Waals surface area contributed by atoms with Crippen LogP contribution in [0.15, 0.2) is 48.5 Å². The van der Waals surface area contributed by atoms with Crippen molar-refractivity contribution >= 4 is 17.6 Å². The van der Waals surface area contributed by atoms with E-state index in [1.165, 1.54) is 37.9 Å². The number of nitrogens with two attached hydrogens (primary N) is 1. The summed E-state index contributed by atoms with van der Waals surface area (Å²) in [6.45, 7) is 3.85. The lowest BCUT2D eigenvalue weighted by Gasteiger charge is -2.26. The number of primary amides is 1. The summed E-state index contributed by atoms with van der Waals surface area (Å²) < 4.78 is 0. The smallest absolute Gasteiger partial charge is 0.316 e. The molecule has 0 spiro atoms. The van der Waals surface area contributed by atoms with Gasteiger partial charge in [0.05, 0.1) is 0 Å². The molecule has 1 fully saturated rings. The van der Waals surface area contributed by atoms with Gasteiger partial charge in [-0.15, -0.1) is 0 Å². The van der Waals surface area contributed by atoms with Crippen LogP contribution in [0.2, 0.25) is 0 Å². The van der Waals surface area contributed by atoms with Crippen LogP contribution in [0.4, 0.5) is 10.5 Å². The van der Waals surface area contributed by atoms with E-state index in [0.29, 0.717) is 17.8 Å². The summed E-state index contributed by atoms with van der Waals surface area (Å²) in [4.78, 5) is 25.6. The van der Waals surface area contributed by atoms with Gasteiger partial charge in [-0.05, 0) is 61.3 Å². The predicted octanol–water partition coefficient (Wildman–Crippen LogP) is 3.09. The van der Waals surface area contributed by atoms with Crippen LogP contribution in [0.3, 0.4) is 0 Å². The van der Waals surface area contributed by atoms with Gasteiger partial charge in [-0.3, -0.25) is 9.69 Å². The molecule has 0 unspecified atom stereocenters. The first-order chi connectivity index (χ1) is 13.1. The lowest BCUT2D eigenvalue weighted by atomic mass is 10.1. The Bertz CT molecular complexity index is 766. The van der Waals surface area contributed by atoms with Gasteiger partial charge in [0.15, 0.2) is 0 Å². The Morgan fingerprint density at radius 3 is 2.15 bits per heavy atom. The number of benzene rings is 2. The Hall–Kier alpha value is -2.86. The molecule has 0 bridgehead atoms. The zero-order valence-electron chi connectivity index (χ0n) is 15.4. The van der Waals surface area contributed by atoms with E-state index in [2.05, 4.69) is 39.8 Å². The highest BCUT2D eigenvalue weighted by molar-refractivity contribution is 5.95. The van der Waals surface area contributed by atoms with Crippen LogP contribution < -0.4 is 16.4 Å². The number of urea groups is 1. The molecule has 142 valence electrons. The van der Waals surface area contributed by atoms with Crippen LogP contribution in [-0.4, -0.2) is 29.9 Å². The van der Waals surface area contributed by atoms with Crippen molar-refractivity contribution in [2.45, 2.75) is 32.4 Å². The Labute approximate surface area is 159 Å². The molecule has 1 aliphatic rings. The highest BCUT2D eigenvalue weighted by Crippen LogP contribution is 2.14. The number of anilines is 1. The lowest BCUT2D eigenvalue weighted by molar-refractivity contribution is 0.0951. The second-order valence-corrected chi connectivity index (χ2v) is 6.90. The maximum Gasteiger partial charge on any atom is 0.316 e. The zero-order valence-corrected chi connectivity index (χ0v) is 15.4. The van der Waals surface area contributed by atoms with Crippen molar-refractivity contribution in [3.05, 3.63) is 65.2 Å². The molecular weight excluding hydrogens is 340 g/mol. The number of amides is 3. The Kier molecular flexibility index (Phi) is 6.44. The SMILES string of the molecule is NC(=O)Nc1ccc(C(=O)NCc2ccc(CN3CCCCC3)cc2)cc1. The Morgan fingerprint density at radius 2 is 1.52 bits per heavy atom. The van der Waals surface area contributed by atoms with Gasteiger partial charge in [-0.25, -0.2) is 4.79 Å². The molecule has 0 radical (unpaired) electrons. The zero-order chi connectivity index (χ0) is 19.1. The topological polar surface area (TPSA) is 87.5 Å². The van der Waals surface area contributed by atoms with Crippen LogP contribution in [-0.2, 0) is 13.1 Å². The number of likely N-dealkylation sites (tertiary alicyclic amines) is 1. The molecule has 0 saturated carbocycles. The minimum Gasteiger partial charge on any atom is -0.351 e. The van der Waals surface area contributed by atoms with Gasteiger partial charge in [0.1, 0.15) is 0 Å². The summed E-state index contributed by atoms with van der Waals surface area (Å²) >= 11 is 0. The van der Waals surface area contributed by atoms with Gasteiger partial charge in [0, 0.05) is 24.3 Å². The first-order valence-corrected chi connectivity index (χ1v) is 9.35. The molecule has 2 aromatic carbocycles. The minimum atomic E-state index is -0.629. The molecule has 0 atom stereocenters. The van der Waals surface area contributed by atoms with E-state index in [-0.39, 0.29) is 5.91 Å². The molecule has 3 rings (SSSR count). The average Bonchev–Trinajstić information content (AvgIpc) is 2.68. The van der Waals surface area contributed by atoms with Crippen molar-refractivity contribution in [2.75, 3.05) is 18.4 Å². The average molecular weight is 366 g/mol. The number of nitrogens with one attached hydrogen (secondary N) is 2. The van der Waals surface area contributed by atoms with Gasteiger partial charge in [0.25, 0.3) is 5.91 Å². The molecule has 4 N–H and O–H groups in total. The van der Waals surface area contributed by atoms with Crippen molar-refractivity contribution in [1.29, 1.82) is 0 Å². The summed E-state index contributed by atoms with van der Waals surface area (Å²) in [5.41, 5.74) is 8.54. The fraction of sp³-hybridized carbons (Fsp3) is 0.333. The maximum atomic E-state index is 12.3. The monoisotopic (exact) mass is 366 g/mol. The second kappa shape index (κ2) is 9.19. The summed E-state index contributed by atoms with van der Waals surface area (Å²) in [6.07, 6.45) is 3.94. The normalized spacial score (nSPS) is 14.5. The third-order valence-electron chi connectivity index (χ3n) is 4.75. The molecule has 6 nitrogen and oxygen atoms in total. The van der Waals surface area contributed by atoms with Crippen molar-refractivity contribution in [2.24, 2.45) is 5.73 Å². The maximum absolute atomic E-state index is 12.3. The number of nitrogens with zero attached hydrogens (tertiary/aromatic N) is 1. The standard InChI is InChI=1S/C21H26N4O2/c22-21(27)24-19-10-8-18(9-11-19)20(26)23-14-16-4-6-17(7-5-16)15-25-12-2-1-3-13-25/h4-11H,1-3,12-15H2,(H,23,26)(H3,22,24,27). The fourth-order valence-corrected chi connectivity index (χ4v) is 3.27. The quantitative estimate of drug-likeness (QED) is 0.734. The van der Waals surface area contributed by atoms with E-state index in [4.69, 9.17) is 5.73 Å². The molecular formula is C21H26N4O2. The number of carbonyl (C=O) groups excluding carboxylic acids is 2. The molecule has 6 heteroatoms. The molecule has 27 heavy (non-hydrogen) atoms. The Morgan fingerprint density at radius 1 is 0.889 bits per heavy atom. The lowest BCUT2D eigenvalue weighted by Crippen LogP contribution is -2.29. The van der Waals surface area contributed by atoms with Crippen molar-refractivity contribution in [3.63, 3.8) is 0 Å².